The maximum atomic E-state index is 12.1. The van der Waals surface area contributed by atoms with E-state index in [1.165, 1.54) is 6.07 Å². The lowest BCUT2D eigenvalue weighted by Crippen LogP contribution is -2.33. The van der Waals surface area contributed by atoms with Gasteiger partial charge >= 0.3 is 5.97 Å². The molecule has 0 aliphatic heterocycles. The van der Waals surface area contributed by atoms with Crippen LogP contribution in [0.2, 0.25) is 0 Å². The topological polar surface area (TPSA) is 92.4 Å². The Morgan fingerprint density at radius 2 is 1.90 bits per heavy atom. The van der Waals surface area contributed by atoms with Crippen LogP contribution in [0.25, 0.3) is 0 Å². The highest BCUT2D eigenvalue weighted by atomic mass is 16.5. The fourth-order valence-corrected chi connectivity index (χ4v) is 1.80. The summed E-state index contributed by atoms with van der Waals surface area (Å²) in [6.45, 7) is 3.84. The molecule has 1 atom stereocenters. The molecule has 0 bridgehead atoms. The lowest BCUT2D eigenvalue weighted by atomic mass is 10.1. The Hall–Kier alpha value is -2.63. The molecule has 0 saturated heterocycles. The fourth-order valence-electron chi connectivity index (χ4n) is 1.80. The summed E-state index contributed by atoms with van der Waals surface area (Å²) in [4.78, 5) is 23.4. The first-order chi connectivity index (χ1) is 9.99. The van der Waals surface area contributed by atoms with Gasteiger partial charge in [0.05, 0.1) is 5.69 Å². The molecule has 0 fully saturated rings. The van der Waals surface area contributed by atoms with Crippen molar-refractivity contribution in [3.63, 3.8) is 0 Å². The van der Waals surface area contributed by atoms with Crippen molar-refractivity contribution < 1.29 is 19.2 Å². The number of hydrogen-bond donors (Lipinski definition) is 2. The predicted octanol–water partition coefficient (Wildman–Crippen LogP) is 2.35. The predicted molar refractivity (Wildman–Crippen MR) is 74.9 cm³/mol. The number of rotatable bonds is 5. The maximum absolute atomic E-state index is 12.1. The highest BCUT2D eigenvalue weighted by Crippen LogP contribution is 2.16. The molecule has 0 radical (unpaired) electrons. The van der Waals surface area contributed by atoms with Gasteiger partial charge < -0.3 is 14.9 Å². The van der Waals surface area contributed by atoms with Crippen LogP contribution in [0.15, 0.2) is 40.9 Å². The molecule has 0 aliphatic rings. The second kappa shape index (κ2) is 6.21. The van der Waals surface area contributed by atoms with Crippen molar-refractivity contribution in [1.82, 2.24) is 10.5 Å². The van der Waals surface area contributed by atoms with Gasteiger partial charge in [-0.3, -0.25) is 4.79 Å². The largest absolute Gasteiger partial charge is 0.479 e. The van der Waals surface area contributed by atoms with Gasteiger partial charge in [0.25, 0.3) is 5.91 Å². The molecule has 6 nitrogen and oxygen atoms in total. The molecule has 1 heterocycles. The number of aromatic nitrogens is 1. The number of aliphatic carboxylic acids is 1. The SMILES string of the molecule is CC(C)c1cc(C(=O)N[C@H](C(=O)O)c2ccccc2)on1. The number of benzene rings is 1. The quantitative estimate of drug-likeness (QED) is 0.881. The van der Waals surface area contributed by atoms with Crippen molar-refractivity contribution in [3.05, 3.63) is 53.4 Å². The molecule has 1 aromatic heterocycles. The van der Waals surface area contributed by atoms with E-state index >= 15 is 0 Å². The van der Waals surface area contributed by atoms with Crippen LogP contribution in [0.5, 0.6) is 0 Å². The van der Waals surface area contributed by atoms with Crippen LogP contribution in [0, 0.1) is 0 Å². The molecule has 1 amide bonds. The van der Waals surface area contributed by atoms with Crippen molar-refractivity contribution in [2.75, 3.05) is 0 Å². The Balaban J connectivity index is 2.17. The Kier molecular flexibility index (Phi) is 4.37. The highest BCUT2D eigenvalue weighted by Gasteiger charge is 2.24. The monoisotopic (exact) mass is 288 g/mol. The maximum Gasteiger partial charge on any atom is 0.330 e. The minimum absolute atomic E-state index is 0.000816. The van der Waals surface area contributed by atoms with Crippen molar-refractivity contribution in [2.45, 2.75) is 25.8 Å². The third-order valence-corrected chi connectivity index (χ3v) is 3.00. The lowest BCUT2D eigenvalue weighted by Gasteiger charge is -2.13. The number of nitrogens with one attached hydrogen (secondary N) is 1. The van der Waals surface area contributed by atoms with Crippen LogP contribution in [0.3, 0.4) is 0 Å². The van der Waals surface area contributed by atoms with Crippen LogP contribution in [0.4, 0.5) is 0 Å². The summed E-state index contributed by atoms with van der Waals surface area (Å²) in [5.74, 6) is -1.62. The smallest absolute Gasteiger partial charge is 0.330 e. The van der Waals surface area contributed by atoms with Gasteiger partial charge in [-0.1, -0.05) is 49.3 Å². The van der Waals surface area contributed by atoms with Crippen LogP contribution >= 0.6 is 0 Å². The van der Waals surface area contributed by atoms with Crippen molar-refractivity contribution in [3.8, 4) is 0 Å². The summed E-state index contributed by atoms with van der Waals surface area (Å²) in [6, 6.07) is 8.86. The molecule has 0 unspecified atom stereocenters. The molecule has 21 heavy (non-hydrogen) atoms. The summed E-state index contributed by atoms with van der Waals surface area (Å²) < 4.78 is 4.95. The van der Waals surface area contributed by atoms with E-state index < -0.39 is 17.9 Å². The van der Waals surface area contributed by atoms with Gasteiger partial charge in [0.2, 0.25) is 5.76 Å². The number of carbonyl (C=O) groups is 2. The zero-order chi connectivity index (χ0) is 15.4. The van der Waals surface area contributed by atoms with Crippen LogP contribution in [-0.4, -0.2) is 22.1 Å². The zero-order valence-corrected chi connectivity index (χ0v) is 11.7. The first-order valence-electron chi connectivity index (χ1n) is 6.54. The average Bonchev–Trinajstić information content (AvgIpc) is 2.95. The molecule has 2 rings (SSSR count). The Morgan fingerprint density at radius 1 is 1.24 bits per heavy atom. The van der Waals surface area contributed by atoms with E-state index in [4.69, 9.17) is 4.52 Å². The van der Waals surface area contributed by atoms with E-state index in [0.29, 0.717) is 11.3 Å². The normalized spacial score (nSPS) is 12.1. The van der Waals surface area contributed by atoms with Crippen LogP contribution in [0.1, 0.15) is 47.6 Å². The second-order valence-corrected chi connectivity index (χ2v) is 4.93. The summed E-state index contributed by atoms with van der Waals surface area (Å²) in [7, 11) is 0. The molecule has 2 N–H and O–H groups in total. The minimum Gasteiger partial charge on any atom is -0.479 e. The number of nitrogens with zero attached hydrogens (tertiary/aromatic N) is 1. The minimum atomic E-state index is -1.14. The van der Waals surface area contributed by atoms with Gasteiger partial charge in [-0.05, 0) is 11.5 Å². The first-order valence-corrected chi connectivity index (χ1v) is 6.54. The van der Waals surface area contributed by atoms with Gasteiger partial charge in [-0.25, -0.2) is 4.79 Å². The molecule has 2 aromatic rings. The zero-order valence-electron chi connectivity index (χ0n) is 11.7. The highest BCUT2D eigenvalue weighted by molar-refractivity contribution is 5.94. The molecule has 1 aromatic carbocycles. The number of carboxylic acid groups (broad SMARTS) is 1. The Labute approximate surface area is 121 Å². The number of hydrogen-bond acceptors (Lipinski definition) is 4. The molecular weight excluding hydrogens is 272 g/mol. The van der Waals surface area contributed by atoms with Crippen molar-refractivity contribution in [2.24, 2.45) is 0 Å². The third kappa shape index (κ3) is 3.47. The van der Waals surface area contributed by atoms with E-state index in [9.17, 15) is 14.7 Å². The molecule has 0 aliphatic carbocycles. The summed E-state index contributed by atoms with van der Waals surface area (Å²) >= 11 is 0. The van der Waals surface area contributed by atoms with E-state index in [0.717, 1.165) is 0 Å². The first kappa shape index (κ1) is 14.8. The Morgan fingerprint density at radius 3 is 2.43 bits per heavy atom. The van der Waals surface area contributed by atoms with E-state index in [1.54, 1.807) is 30.3 Å². The Bertz CT molecular complexity index is 634. The summed E-state index contributed by atoms with van der Waals surface area (Å²) in [5, 5.41) is 15.5. The average molecular weight is 288 g/mol. The molecule has 6 heteroatoms. The number of carboxylic acids is 1. The van der Waals surface area contributed by atoms with Crippen molar-refractivity contribution in [1.29, 1.82) is 0 Å². The van der Waals surface area contributed by atoms with Crippen LogP contribution < -0.4 is 5.32 Å². The van der Waals surface area contributed by atoms with E-state index in [-0.39, 0.29) is 11.7 Å². The number of amides is 1. The van der Waals surface area contributed by atoms with Crippen LogP contribution in [-0.2, 0) is 4.79 Å². The van der Waals surface area contributed by atoms with Gasteiger partial charge in [-0.15, -0.1) is 0 Å². The van der Waals surface area contributed by atoms with Crippen molar-refractivity contribution >= 4 is 11.9 Å². The van der Waals surface area contributed by atoms with Gasteiger partial charge in [0, 0.05) is 6.07 Å². The third-order valence-electron chi connectivity index (χ3n) is 3.00. The fraction of sp³-hybridized carbons (Fsp3) is 0.267. The van der Waals surface area contributed by atoms with Gasteiger partial charge in [-0.2, -0.15) is 0 Å². The molecule has 0 saturated carbocycles. The lowest BCUT2D eigenvalue weighted by molar-refractivity contribution is -0.139. The second-order valence-electron chi connectivity index (χ2n) is 4.93. The molecule has 0 spiro atoms. The summed E-state index contributed by atoms with van der Waals surface area (Å²) in [5.41, 5.74) is 1.13. The van der Waals surface area contributed by atoms with Gasteiger partial charge in [0.15, 0.2) is 6.04 Å². The number of carbonyl (C=O) groups excluding carboxylic acids is 1. The van der Waals surface area contributed by atoms with Gasteiger partial charge in [0.1, 0.15) is 0 Å². The molecular formula is C15H16N2O4. The summed E-state index contributed by atoms with van der Waals surface area (Å²) in [6.07, 6.45) is 0. The standard InChI is InChI=1S/C15H16N2O4/c1-9(2)11-8-12(21-17-11)14(18)16-13(15(19)20)10-6-4-3-5-7-10/h3-9,13H,1-2H3,(H,16,18)(H,19,20)/t13-/m0/s1. The van der Waals surface area contributed by atoms with E-state index in [1.807, 2.05) is 13.8 Å². The van der Waals surface area contributed by atoms with E-state index in [2.05, 4.69) is 10.5 Å². The molecule has 110 valence electrons.